The molecule has 3 aromatic heterocycles. The lowest BCUT2D eigenvalue weighted by Gasteiger charge is -2.08. The molecule has 0 fully saturated rings. The Kier molecular flexibility index (Phi) is 4.26. The second kappa shape index (κ2) is 7.02. The Morgan fingerprint density at radius 3 is 2.69 bits per heavy atom. The van der Waals surface area contributed by atoms with Gasteiger partial charge in [0.1, 0.15) is 12.1 Å². The van der Waals surface area contributed by atoms with Gasteiger partial charge in [0.15, 0.2) is 0 Å². The molecule has 1 amide bonds. The first-order valence-electron chi connectivity index (χ1n) is 8.11. The molecule has 7 heteroatoms. The number of nitrogens with one attached hydrogen (secondary N) is 2. The number of pyridine rings is 1. The SMILES string of the molecule is O=C(NCc1ccc(-c2ccn[nH]2)cc1)c1ccnc(-n2ccnc2)c1. The highest BCUT2D eigenvalue weighted by Gasteiger charge is 2.08. The van der Waals surface area contributed by atoms with Crippen molar-refractivity contribution < 1.29 is 4.79 Å². The first kappa shape index (κ1) is 15.8. The fourth-order valence-corrected chi connectivity index (χ4v) is 2.60. The fourth-order valence-electron chi connectivity index (χ4n) is 2.60. The number of amides is 1. The number of aromatic nitrogens is 5. The van der Waals surface area contributed by atoms with Gasteiger partial charge in [-0.05, 0) is 29.3 Å². The summed E-state index contributed by atoms with van der Waals surface area (Å²) in [5.41, 5.74) is 3.59. The summed E-state index contributed by atoms with van der Waals surface area (Å²) in [5.74, 6) is 0.505. The number of carbonyl (C=O) groups excluding carboxylic acids is 1. The number of rotatable bonds is 5. The van der Waals surface area contributed by atoms with Crippen LogP contribution in [0.2, 0.25) is 0 Å². The summed E-state index contributed by atoms with van der Waals surface area (Å²) in [7, 11) is 0. The lowest BCUT2D eigenvalue weighted by molar-refractivity contribution is 0.0950. The zero-order chi connectivity index (χ0) is 17.8. The standard InChI is InChI=1S/C19H16N6O/c26-19(16-5-7-21-18(11-16)25-10-9-20-13-25)22-12-14-1-3-15(4-2-14)17-6-8-23-24-17/h1-11,13H,12H2,(H,22,26)(H,23,24). The molecule has 7 nitrogen and oxygen atoms in total. The number of hydrogen-bond acceptors (Lipinski definition) is 4. The van der Waals surface area contributed by atoms with Crippen molar-refractivity contribution in [2.45, 2.75) is 6.54 Å². The molecule has 4 rings (SSSR count). The zero-order valence-electron chi connectivity index (χ0n) is 13.8. The topological polar surface area (TPSA) is 88.5 Å². The maximum atomic E-state index is 12.4. The van der Waals surface area contributed by atoms with Gasteiger partial charge < -0.3 is 5.32 Å². The predicted octanol–water partition coefficient (Wildman–Crippen LogP) is 2.59. The molecule has 0 unspecified atom stereocenters. The zero-order valence-corrected chi connectivity index (χ0v) is 13.8. The maximum absolute atomic E-state index is 12.4. The van der Waals surface area contributed by atoms with Crippen LogP contribution >= 0.6 is 0 Å². The number of aromatic amines is 1. The molecule has 0 spiro atoms. The van der Waals surface area contributed by atoms with E-state index in [1.54, 1.807) is 47.8 Å². The number of imidazole rings is 1. The van der Waals surface area contributed by atoms with Gasteiger partial charge >= 0.3 is 0 Å². The van der Waals surface area contributed by atoms with Crippen LogP contribution < -0.4 is 5.32 Å². The molecule has 1 aromatic carbocycles. The Bertz CT molecular complexity index is 991. The molecule has 128 valence electrons. The monoisotopic (exact) mass is 344 g/mol. The fraction of sp³-hybridized carbons (Fsp3) is 0.0526. The average Bonchev–Trinajstić information content (AvgIpc) is 3.40. The molecule has 0 saturated heterocycles. The molecule has 0 saturated carbocycles. The number of nitrogens with zero attached hydrogens (tertiary/aromatic N) is 4. The van der Waals surface area contributed by atoms with Crippen molar-refractivity contribution in [3.63, 3.8) is 0 Å². The van der Waals surface area contributed by atoms with E-state index in [1.165, 1.54) is 0 Å². The normalized spacial score (nSPS) is 10.6. The first-order chi connectivity index (χ1) is 12.8. The van der Waals surface area contributed by atoms with Crippen molar-refractivity contribution in [3.05, 3.63) is 84.7 Å². The van der Waals surface area contributed by atoms with E-state index < -0.39 is 0 Å². The van der Waals surface area contributed by atoms with Crippen molar-refractivity contribution in [1.82, 2.24) is 30.0 Å². The predicted molar refractivity (Wildman–Crippen MR) is 96.6 cm³/mol. The van der Waals surface area contributed by atoms with Gasteiger partial charge in [-0.15, -0.1) is 0 Å². The van der Waals surface area contributed by atoms with Crippen molar-refractivity contribution in [1.29, 1.82) is 0 Å². The molecular formula is C19H16N6O. The third-order valence-corrected chi connectivity index (χ3v) is 4.00. The molecule has 0 atom stereocenters. The Morgan fingerprint density at radius 2 is 1.96 bits per heavy atom. The third kappa shape index (κ3) is 3.36. The molecule has 26 heavy (non-hydrogen) atoms. The molecule has 0 aliphatic carbocycles. The summed E-state index contributed by atoms with van der Waals surface area (Å²) in [6, 6.07) is 13.3. The molecular weight excluding hydrogens is 328 g/mol. The van der Waals surface area contributed by atoms with Crippen LogP contribution in [0.5, 0.6) is 0 Å². The number of benzene rings is 1. The summed E-state index contributed by atoms with van der Waals surface area (Å²) in [6.45, 7) is 0.449. The van der Waals surface area contributed by atoms with Crippen LogP contribution in [0.4, 0.5) is 0 Å². The van der Waals surface area contributed by atoms with E-state index in [9.17, 15) is 4.79 Å². The van der Waals surface area contributed by atoms with Gasteiger partial charge in [-0.2, -0.15) is 5.10 Å². The van der Waals surface area contributed by atoms with Crippen molar-refractivity contribution >= 4 is 5.91 Å². The largest absolute Gasteiger partial charge is 0.348 e. The molecule has 0 aliphatic rings. The third-order valence-electron chi connectivity index (χ3n) is 4.00. The van der Waals surface area contributed by atoms with Gasteiger partial charge in [0.2, 0.25) is 0 Å². The molecule has 3 heterocycles. The van der Waals surface area contributed by atoms with Crippen LogP contribution in [0.25, 0.3) is 17.1 Å². The quantitative estimate of drug-likeness (QED) is 0.582. The molecule has 4 aromatic rings. The number of hydrogen-bond donors (Lipinski definition) is 2. The van der Waals surface area contributed by atoms with Gasteiger partial charge in [-0.1, -0.05) is 24.3 Å². The highest BCUT2D eigenvalue weighted by Crippen LogP contribution is 2.16. The van der Waals surface area contributed by atoms with Crippen molar-refractivity contribution in [2.75, 3.05) is 0 Å². The second-order valence-corrected chi connectivity index (χ2v) is 5.72. The van der Waals surface area contributed by atoms with Gasteiger partial charge in [-0.25, -0.2) is 9.97 Å². The van der Waals surface area contributed by atoms with Crippen LogP contribution in [0, 0.1) is 0 Å². The Hall–Kier alpha value is -3.74. The summed E-state index contributed by atoms with van der Waals surface area (Å²) in [4.78, 5) is 20.7. The van der Waals surface area contributed by atoms with Crippen LogP contribution in [-0.4, -0.2) is 30.6 Å². The summed E-state index contributed by atoms with van der Waals surface area (Å²) < 4.78 is 1.75. The van der Waals surface area contributed by atoms with Gasteiger partial charge in [0.05, 0.1) is 5.69 Å². The van der Waals surface area contributed by atoms with Crippen molar-refractivity contribution in [2.24, 2.45) is 0 Å². The number of H-pyrrole nitrogens is 1. The van der Waals surface area contributed by atoms with E-state index in [0.29, 0.717) is 17.9 Å². The number of carbonyl (C=O) groups is 1. The first-order valence-corrected chi connectivity index (χ1v) is 8.11. The summed E-state index contributed by atoms with van der Waals surface area (Å²) >= 11 is 0. The van der Waals surface area contributed by atoms with E-state index in [0.717, 1.165) is 16.8 Å². The molecule has 0 radical (unpaired) electrons. The second-order valence-electron chi connectivity index (χ2n) is 5.72. The molecule has 0 bridgehead atoms. The van der Waals surface area contributed by atoms with E-state index in [4.69, 9.17) is 0 Å². The lowest BCUT2D eigenvalue weighted by Crippen LogP contribution is -2.23. The minimum Gasteiger partial charge on any atom is -0.348 e. The van der Waals surface area contributed by atoms with Gasteiger partial charge in [-0.3, -0.25) is 14.5 Å². The maximum Gasteiger partial charge on any atom is 0.251 e. The minimum atomic E-state index is -0.147. The van der Waals surface area contributed by atoms with Crippen molar-refractivity contribution in [3.8, 4) is 17.1 Å². The van der Waals surface area contributed by atoms with Crippen LogP contribution in [0.1, 0.15) is 15.9 Å². The Labute approximate surface area is 149 Å². The summed E-state index contributed by atoms with van der Waals surface area (Å²) in [5, 5.41) is 9.81. The Morgan fingerprint density at radius 1 is 1.08 bits per heavy atom. The van der Waals surface area contributed by atoms with Gasteiger partial charge in [0.25, 0.3) is 5.91 Å². The lowest BCUT2D eigenvalue weighted by atomic mass is 10.1. The molecule has 2 N–H and O–H groups in total. The van der Waals surface area contributed by atoms with E-state index in [2.05, 4.69) is 25.5 Å². The van der Waals surface area contributed by atoms with Crippen LogP contribution in [0.15, 0.2) is 73.6 Å². The average molecular weight is 344 g/mol. The Balaban J connectivity index is 1.42. The van der Waals surface area contributed by atoms with E-state index >= 15 is 0 Å². The molecule has 0 aliphatic heterocycles. The minimum absolute atomic E-state index is 0.147. The van der Waals surface area contributed by atoms with Crippen LogP contribution in [-0.2, 0) is 6.54 Å². The smallest absolute Gasteiger partial charge is 0.251 e. The summed E-state index contributed by atoms with van der Waals surface area (Å²) in [6.07, 6.45) is 8.43. The highest BCUT2D eigenvalue weighted by atomic mass is 16.1. The van der Waals surface area contributed by atoms with E-state index in [-0.39, 0.29) is 5.91 Å². The van der Waals surface area contributed by atoms with E-state index in [1.807, 2.05) is 30.3 Å². The van der Waals surface area contributed by atoms with Gasteiger partial charge in [0, 0.05) is 36.9 Å². The van der Waals surface area contributed by atoms with Crippen LogP contribution in [0.3, 0.4) is 0 Å². The highest BCUT2D eigenvalue weighted by molar-refractivity contribution is 5.94.